The average Bonchev–Trinajstić information content (AvgIpc) is 2.59. The first-order chi connectivity index (χ1) is 8.47. The maximum Gasteiger partial charge on any atom is 0.308 e. The highest BCUT2D eigenvalue weighted by atomic mass is 35.5. The van der Waals surface area contributed by atoms with Gasteiger partial charge >= 0.3 is 5.97 Å². The number of hydrogen-bond donors (Lipinski definition) is 1. The van der Waals surface area contributed by atoms with Gasteiger partial charge in [0.05, 0.1) is 17.1 Å². The Kier molecular flexibility index (Phi) is 3.63. The topological polar surface area (TPSA) is 50.2 Å². The SMILES string of the molecule is Cc1nc(-c2ccc(F)cc2Cl)sc1CC(=O)O. The molecular weight excluding hydrogens is 277 g/mol. The summed E-state index contributed by atoms with van der Waals surface area (Å²) in [6.07, 6.45) is -0.0671. The number of hydrogen-bond acceptors (Lipinski definition) is 3. The highest BCUT2D eigenvalue weighted by Crippen LogP contribution is 2.33. The van der Waals surface area contributed by atoms with Crippen LogP contribution in [0.15, 0.2) is 18.2 Å². The summed E-state index contributed by atoms with van der Waals surface area (Å²) in [7, 11) is 0. The predicted molar refractivity (Wildman–Crippen MR) is 68.6 cm³/mol. The summed E-state index contributed by atoms with van der Waals surface area (Å²) in [5, 5.41) is 9.64. The van der Waals surface area contributed by atoms with Gasteiger partial charge in [-0.1, -0.05) is 11.6 Å². The predicted octanol–water partition coefficient (Wildman–Crippen LogP) is 3.54. The lowest BCUT2D eigenvalue weighted by molar-refractivity contribution is -0.136. The Morgan fingerprint density at radius 2 is 2.28 bits per heavy atom. The van der Waals surface area contributed by atoms with E-state index in [-0.39, 0.29) is 11.4 Å². The molecule has 0 saturated carbocycles. The largest absolute Gasteiger partial charge is 0.481 e. The molecule has 0 atom stereocenters. The maximum atomic E-state index is 12.9. The van der Waals surface area contributed by atoms with Crippen LogP contribution >= 0.6 is 22.9 Å². The van der Waals surface area contributed by atoms with Gasteiger partial charge in [-0.2, -0.15) is 0 Å². The first-order valence-electron chi connectivity index (χ1n) is 5.11. The molecule has 18 heavy (non-hydrogen) atoms. The minimum absolute atomic E-state index is 0.0671. The van der Waals surface area contributed by atoms with E-state index in [0.717, 1.165) is 0 Å². The fourth-order valence-electron chi connectivity index (χ4n) is 1.51. The van der Waals surface area contributed by atoms with Crippen molar-refractivity contribution in [3.05, 3.63) is 39.6 Å². The number of benzene rings is 1. The molecule has 1 aromatic heterocycles. The molecule has 6 heteroatoms. The van der Waals surface area contributed by atoms with Gasteiger partial charge in [0.15, 0.2) is 0 Å². The number of aryl methyl sites for hydroxylation is 1. The van der Waals surface area contributed by atoms with E-state index in [1.165, 1.54) is 23.5 Å². The van der Waals surface area contributed by atoms with Crippen molar-refractivity contribution in [1.29, 1.82) is 0 Å². The Balaban J connectivity index is 2.42. The van der Waals surface area contributed by atoms with Crippen LogP contribution in [-0.2, 0) is 11.2 Å². The van der Waals surface area contributed by atoms with Crippen LogP contribution in [0.2, 0.25) is 5.02 Å². The van der Waals surface area contributed by atoms with Gasteiger partial charge in [0.25, 0.3) is 0 Å². The molecule has 0 fully saturated rings. The number of carbonyl (C=O) groups is 1. The van der Waals surface area contributed by atoms with E-state index in [2.05, 4.69) is 4.98 Å². The Bertz CT molecular complexity index is 612. The summed E-state index contributed by atoms with van der Waals surface area (Å²) in [5.74, 6) is -1.32. The maximum absolute atomic E-state index is 12.9. The molecule has 0 amide bonds. The molecule has 1 heterocycles. The molecule has 3 nitrogen and oxygen atoms in total. The standard InChI is InChI=1S/C12H9ClFNO2S/c1-6-10(5-11(16)17)18-12(15-6)8-3-2-7(14)4-9(8)13/h2-4H,5H2,1H3,(H,16,17). The van der Waals surface area contributed by atoms with Crippen LogP contribution in [-0.4, -0.2) is 16.1 Å². The van der Waals surface area contributed by atoms with Crippen LogP contribution in [0.4, 0.5) is 4.39 Å². The number of aliphatic carboxylic acids is 1. The van der Waals surface area contributed by atoms with Crippen molar-refractivity contribution in [2.45, 2.75) is 13.3 Å². The highest BCUT2D eigenvalue weighted by molar-refractivity contribution is 7.15. The summed E-state index contributed by atoms with van der Waals surface area (Å²) >= 11 is 7.20. The van der Waals surface area contributed by atoms with Gasteiger partial charge in [0, 0.05) is 10.4 Å². The van der Waals surface area contributed by atoms with Crippen molar-refractivity contribution in [3.63, 3.8) is 0 Å². The summed E-state index contributed by atoms with van der Waals surface area (Å²) in [5.41, 5.74) is 1.28. The zero-order valence-electron chi connectivity index (χ0n) is 9.41. The van der Waals surface area contributed by atoms with Crippen LogP contribution in [0.25, 0.3) is 10.6 Å². The van der Waals surface area contributed by atoms with E-state index in [1.807, 2.05) is 0 Å². The van der Waals surface area contributed by atoms with Crippen molar-refractivity contribution in [3.8, 4) is 10.6 Å². The quantitative estimate of drug-likeness (QED) is 0.938. The van der Waals surface area contributed by atoms with E-state index >= 15 is 0 Å². The van der Waals surface area contributed by atoms with Crippen molar-refractivity contribution >= 4 is 28.9 Å². The molecule has 1 aromatic carbocycles. The number of thiazole rings is 1. The van der Waals surface area contributed by atoms with Gasteiger partial charge < -0.3 is 5.11 Å². The zero-order valence-corrected chi connectivity index (χ0v) is 11.0. The van der Waals surface area contributed by atoms with Crippen LogP contribution < -0.4 is 0 Å². The normalized spacial score (nSPS) is 10.6. The van der Waals surface area contributed by atoms with Gasteiger partial charge in [-0.25, -0.2) is 9.37 Å². The third-order valence-corrected chi connectivity index (χ3v) is 3.87. The second-order valence-electron chi connectivity index (χ2n) is 3.72. The Hall–Kier alpha value is -1.46. The Morgan fingerprint density at radius 3 is 2.89 bits per heavy atom. The second kappa shape index (κ2) is 5.04. The number of carboxylic acid groups (broad SMARTS) is 1. The Morgan fingerprint density at radius 1 is 1.56 bits per heavy atom. The van der Waals surface area contributed by atoms with Crippen molar-refractivity contribution in [1.82, 2.24) is 4.98 Å². The van der Waals surface area contributed by atoms with Crippen LogP contribution in [0.1, 0.15) is 10.6 Å². The second-order valence-corrected chi connectivity index (χ2v) is 5.21. The molecular formula is C12H9ClFNO2S. The molecule has 94 valence electrons. The molecule has 0 radical (unpaired) electrons. The van der Waals surface area contributed by atoms with Gasteiger partial charge in [0.1, 0.15) is 10.8 Å². The number of carboxylic acids is 1. The molecule has 0 aliphatic heterocycles. The molecule has 0 spiro atoms. The molecule has 2 aromatic rings. The molecule has 0 aliphatic carbocycles. The molecule has 0 saturated heterocycles. The first-order valence-corrected chi connectivity index (χ1v) is 6.30. The van der Waals surface area contributed by atoms with Crippen molar-refractivity contribution in [2.75, 3.05) is 0 Å². The third-order valence-electron chi connectivity index (χ3n) is 2.37. The van der Waals surface area contributed by atoms with E-state index in [4.69, 9.17) is 16.7 Å². The van der Waals surface area contributed by atoms with Crippen molar-refractivity contribution < 1.29 is 14.3 Å². The fraction of sp³-hybridized carbons (Fsp3) is 0.167. The lowest BCUT2D eigenvalue weighted by atomic mass is 10.2. The van der Waals surface area contributed by atoms with Crippen molar-refractivity contribution in [2.24, 2.45) is 0 Å². The number of aromatic nitrogens is 1. The average molecular weight is 286 g/mol. The first kappa shape index (κ1) is 13.0. The minimum atomic E-state index is -0.904. The smallest absolute Gasteiger partial charge is 0.308 e. The van der Waals surface area contributed by atoms with E-state index in [9.17, 15) is 9.18 Å². The monoisotopic (exact) mass is 285 g/mol. The van der Waals surface area contributed by atoms with Crippen LogP contribution in [0, 0.1) is 12.7 Å². The van der Waals surface area contributed by atoms with Crippen LogP contribution in [0.3, 0.4) is 0 Å². The lowest BCUT2D eigenvalue weighted by Crippen LogP contribution is -1.99. The van der Waals surface area contributed by atoms with E-state index < -0.39 is 11.8 Å². The number of nitrogens with zero attached hydrogens (tertiary/aromatic N) is 1. The summed E-state index contributed by atoms with van der Waals surface area (Å²) in [6, 6.07) is 4.06. The summed E-state index contributed by atoms with van der Waals surface area (Å²) in [4.78, 5) is 15.6. The lowest BCUT2D eigenvalue weighted by Gasteiger charge is -1.99. The van der Waals surface area contributed by atoms with E-state index in [1.54, 1.807) is 13.0 Å². The third kappa shape index (κ3) is 2.68. The summed E-state index contributed by atoms with van der Waals surface area (Å²) in [6.45, 7) is 1.75. The van der Waals surface area contributed by atoms with Gasteiger partial charge in [-0.15, -0.1) is 11.3 Å². The number of rotatable bonds is 3. The molecule has 0 bridgehead atoms. The molecule has 2 rings (SSSR count). The molecule has 0 aliphatic rings. The zero-order chi connectivity index (χ0) is 13.3. The Labute approximate surface area is 112 Å². The van der Waals surface area contributed by atoms with Crippen LogP contribution in [0.5, 0.6) is 0 Å². The number of halogens is 2. The molecule has 0 unspecified atom stereocenters. The van der Waals surface area contributed by atoms with Gasteiger partial charge in [-0.05, 0) is 25.1 Å². The molecule has 1 N–H and O–H groups in total. The van der Waals surface area contributed by atoms with E-state index in [0.29, 0.717) is 21.1 Å². The minimum Gasteiger partial charge on any atom is -0.481 e. The summed E-state index contributed by atoms with van der Waals surface area (Å²) < 4.78 is 12.9. The fourth-order valence-corrected chi connectivity index (χ4v) is 2.91. The van der Waals surface area contributed by atoms with Gasteiger partial charge in [0.2, 0.25) is 0 Å². The highest BCUT2D eigenvalue weighted by Gasteiger charge is 2.14. The van der Waals surface area contributed by atoms with Gasteiger partial charge in [-0.3, -0.25) is 4.79 Å².